The van der Waals surface area contributed by atoms with Gasteiger partial charge in [0.25, 0.3) is 0 Å². The fourth-order valence-electron chi connectivity index (χ4n) is 3.62. The van der Waals surface area contributed by atoms with Crippen molar-refractivity contribution in [2.45, 2.75) is 31.8 Å². The molecule has 0 amide bonds. The fourth-order valence-corrected chi connectivity index (χ4v) is 3.62. The second-order valence-electron chi connectivity index (χ2n) is 5.88. The van der Waals surface area contributed by atoms with Crippen molar-refractivity contribution in [3.63, 3.8) is 0 Å². The zero-order valence-corrected chi connectivity index (χ0v) is 11.8. The van der Waals surface area contributed by atoms with Crippen molar-refractivity contribution in [2.24, 2.45) is 11.7 Å². The first-order valence-corrected chi connectivity index (χ1v) is 7.39. The predicted molar refractivity (Wildman–Crippen MR) is 78.1 cm³/mol. The van der Waals surface area contributed by atoms with Crippen LogP contribution in [0.1, 0.15) is 25.0 Å². The van der Waals surface area contributed by atoms with Crippen molar-refractivity contribution in [3.05, 3.63) is 23.9 Å². The molecule has 0 radical (unpaired) electrons. The third-order valence-corrected chi connectivity index (χ3v) is 4.67. The Bertz CT molecular complexity index is 434. The lowest BCUT2D eigenvalue weighted by molar-refractivity contribution is 0.102. The van der Waals surface area contributed by atoms with Gasteiger partial charge >= 0.3 is 0 Å². The smallest absolute Gasteiger partial charge is 0.128 e. The summed E-state index contributed by atoms with van der Waals surface area (Å²) >= 11 is 0. The molecule has 0 aromatic carbocycles. The molecule has 2 saturated heterocycles. The molecular formula is C15H24N4. The predicted octanol–water partition coefficient (Wildman–Crippen LogP) is 1.46. The molecule has 1 aromatic heterocycles. The van der Waals surface area contributed by atoms with E-state index in [1.165, 1.54) is 25.8 Å². The molecule has 1 aromatic rings. The largest absolute Gasteiger partial charge is 0.356 e. The number of anilines is 1. The number of pyridine rings is 1. The number of likely N-dealkylation sites (tertiary alicyclic amines) is 1. The Hall–Kier alpha value is -1.13. The summed E-state index contributed by atoms with van der Waals surface area (Å²) in [6.45, 7) is 4.06. The molecule has 2 aliphatic rings. The van der Waals surface area contributed by atoms with Crippen molar-refractivity contribution >= 4 is 5.82 Å². The molecular weight excluding hydrogens is 236 g/mol. The third-order valence-electron chi connectivity index (χ3n) is 4.67. The van der Waals surface area contributed by atoms with E-state index in [1.807, 2.05) is 6.07 Å². The fraction of sp³-hybridized carbons (Fsp3) is 0.667. The van der Waals surface area contributed by atoms with Gasteiger partial charge in [0.1, 0.15) is 5.82 Å². The van der Waals surface area contributed by atoms with E-state index in [4.69, 9.17) is 5.73 Å². The van der Waals surface area contributed by atoms with E-state index in [2.05, 4.69) is 34.0 Å². The van der Waals surface area contributed by atoms with Gasteiger partial charge in [-0.1, -0.05) is 6.07 Å². The SMILES string of the molecule is CN1CCCC2CN(c3cccc(CN)n3)CCC21. The van der Waals surface area contributed by atoms with Crippen LogP contribution in [0, 0.1) is 5.92 Å². The van der Waals surface area contributed by atoms with Gasteiger partial charge in [0.05, 0.1) is 5.69 Å². The van der Waals surface area contributed by atoms with Gasteiger partial charge < -0.3 is 15.5 Å². The highest BCUT2D eigenvalue weighted by Gasteiger charge is 2.34. The van der Waals surface area contributed by atoms with Gasteiger partial charge in [0.2, 0.25) is 0 Å². The number of piperidine rings is 2. The van der Waals surface area contributed by atoms with Crippen LogP contribution in [0.15, 0.2) is 18.2 Å². The maximum Gasteiger partial charge on any atom is 0.128 e. The van der Waals surface area contributed by atoms with Gasteiger partial charge in [0, 0.05) is 25.7 Å². The molecule has 2 fully saturated rings. The number of nitrogens with two attached hydrogens (primary N) is 1. The van der Waals surface area contributed by atoms with E-state index < -0.39 is 0 Å². The molecule has 2 aliphatic heterocycles. The molecule has 3 rings (SSSR count). The lowest BCUT2D eigenvalue weighted by atomic mass is 9.84. The van der Waals surface area contributed by atoms with Crippen molar-refractivity contribution < 1.29 is 0 Å². The molecule has 2 unspecified atom stereocenters. The van der Waals surface area contributed by atoms with Gasteiger partial charge in [-0.3, -0.25) is 0 Å². The quantitative estimate of drug-likeness (QED) is 0.874. The van der Waals surface area contributed by atoms with Crippen LogP contribution in [0.4, 0.5) is 5.82 Å². The normalized spacial score (nSPS) is 28.2. The average molecular weight is 260 g/mol. The molecule has 104 valence electrons. The van der Waals surface area contributed by atoms with Crippen LogP contribution in [-0.4, -0.2) is 42.6 Å². The van der Waals surface area contributed by atoms with Crippen LogP contribution in [0.3, 0.4) is 0 Å². The Kier molecular flexibility index (Phi) is 3.71. The molecule has 4 nitrogen and oxygen atoms in total. The summed E-state index contributed by atoms with van der Waals surface area (Å²) in [6, 6.07) is 6.97. The highest BCUT2D eigenvalue weighted by Crippen LogP contribution is 2.31. The summed E-state index contributed by atoms with van der Waals surface area (Å²) in [5.74, 6) is 1.91. The Morgan fingerprint density at radius 1 is 1.32 bits per heavy atom. The lowest BCUT2D eigenvalue weighted by Gasteiger charge is -2.46. The molecule has 0 bridgehead atoms. The molecule has 3 heterocycles. The molecule has 4 heteroatoms. The van der Waals surface area contributed by atoms with Crippen molar-refractivity contribution in [1.82, 2.24) is 9.88 Å². The molecule has 2 N–H and O–H groups in total. The summed E-state index contributed by atoms with van der Waals surface area (Å²) in [4.78, 5) is 9.65. The lowest BCUT2D eigenvalue weighted by Crippen LogP contribution is -2.52. The van der Waals surface area contributed by atoms with E-state index in [9.17, 15) is 0 Å². The molecule has 2 atom stereocenters. The molecule has 0 aliphatic carbocycles. The second-order valence-corrected chi connectivity index (χ2v) is 5.88. The molecule has 19 heavy (non-hydrogen) atoms. The molecule has 0 saturated carbocycles. The Labute approximate surface area is 115 Å². The maximum absolute atomic E-state index is 5.68. The number of hydrogen-bond acceptors (Lipinski definition) is 4. The maximum atomic E-state index is 5.68. The standard InChI is InChI=1S/C15H24N4/c1-18-8-3-4-12-11-19(9-7-14(12)18)15-6-2-5-13(10-16)17-15/h2,5-6,12,14H,3-4,7-11,16H2,1H3. The van der Waals surface area contributed by atoms with Gasteiger partial charge in [-0.25, -0.2) is 4.98 Å². The zero-order valence-electron chi connectivity index (χ0n) is 11.8. The average Bonchev–Trinajstić information content (AvgIpc) is 2.47. The van der Waals surface area contributed by atoms with Crippen LogP contribution >= 0.6 is 0 Å². The van der Waals surface area contributed by atoms with Crippen molar-refractivity contribution in [1.29, 1.82) is 0 Å². The monoisotopic (exact) mass is 260 g/mol. The van der Waals surface area contributed by atoms with Crippen LogP contribution < -0.4 is 10.6 Å². The summed E-state index contributed by atoms with van der Waals surface area (Å²) in [7, 11) is 2.28. The van der Waals surface area contributed by atoms with E-state index in [0.29, 0.717) is 6.54 Å². The first-order chi connectivity index (χ1) is 9.28. The second kappa shape index (κ2) is 5.47. The van der Waals surface area contributed by atoms with Crippen LogP contribution in [-0.2, 0) is 6.54 Å². The summed E-state index contributed by atoms with van der Waals surface area (Å²) < 4.78 is 0. The van der Waals surface area contributed by atoms with Crippen LogP contribution in [0.5, 0.6) is 0 Å². The first kappa shape index (κ1) is 12.9. The van der Waals surface area contributed by atoms with Crippen molar-refractivity contribution in [3.8, 4) is 0 Å². The Morgan fingerprint density at radius 3 is 3.05 bits per heavy atom. The number of hydrogen-bond donors (Lipinski definition) is 1. The minimum Gasteiger partial charge on any atom is -0.356 e. The van der Waals surface area contributed by atoms with E-state index in [0.717, 1.165) is 36.6 Å². The number of rotatable bonds is 2. The third kappa shape index (κ3) is 2.60. The summed E-state index contributed by atoms with van der Waals surface area (Å²) in [6.07, 6.45) is 3.96. The van der Waals surface area contributed by atoms with E-state index in [1.54, 1.807) is 0 Å². The van der Waals surface area contributed by atoms with Crippen LogP contribution in [0.2, 0.25) is 0 Å². The Balaban J connectivity index is 1.73. The highest BCUT2D eigenvalue weighted by molar-refractivity contribution is 5.40. The molecule has 0 spiro atoms. The van der Waals surface area contributed by atoms with Gasteiger partial charge in [-0.05, 0) is 50.9 Å². The van der Waals surface area contributed by atoms with Crippen LogP contribution in [0.25, 0.3) is 0 Å². The summed E-state index contributed by atoms with van der Waals surface area (Å²) in [5, 5.41) is 0. The van der Waals surface area contributed by atoms with Gasteiger partial charge in [0.15, 0.2) is 0 Å². The number of fused-ring (bicyclic) bond motifs is 1. The van der Waals surface area contributed by atoms with Crippen molar-refractivity contribution in [2.75, 3.05) is 31.6 Å². The Morgan fingerprint density at radius 2 is 2.21 bits per heavy atom. The van der Waals surface area contributed by atoms with Gasteiger partial charge in [-0.2, -0.15) is 0 Å². The minimum atomic E-state index is 0.524. The number of aromatic nitrogens is 1. The van der Waals surface area contributed by atoms with E-state index >= 15 is 0 Å². The van der Waals surface area contributed by atoms with Gasteiger partial charge in [-0.15, -0.1) is 0 Å². The highest BCUT2D eigenvalue weighted by atomic mass is 15.2. The topological polar surface area (TPSA) is 45.4 Å². The first-order valence-electron chi connectivity index (χ1n) is 7.39. The van der Waals surface area contributed by atoms with E-state index in [-0.39, 0.29) is 0 Å². The zero-order chi connectivity index (χ0) is 13.2. The summed E-state index contributed by atoms with van der Waals surface area (Å²) in [5.41, 5.74) is 6.67. The minimum absolute atomic E-state index is 0.524. The number of nitrogens with zero attached hydrogens (tertiary/aromatic N) is 3.